The first-order chi connectivity index (χ1) is 11.2. The van der Waals surface area contributed by atoms with Gasteiger partial charge in [0.05, 0.1) is 0 Å². The molecule has 0 bridgehead atoms. The molecule has 1 aliphatic carbocycles. The van der Waals surface area contributed by atoms with Crippen LogP contribution in [0.1, 0.15) is 56.2 Å². The van der Waals surface area contributed by atoms with Gasteiger partial charge in [-0.15, -0.1) is 0 Å². The number of rotatable bonds is 6. The molecule has 0 saturated carbocycles. The number of halogens is 1. The van der Waals surface area contributed by atoms with Crippen molar-refractivity contribution in [1.29, 1.82) is 0 Å². The van der Waals surface area contributed by atoms with E-state index in [1.165, 1.54) is 22.3 Å². The molecule has 0 aromatic heterocycles. The van der Waals surface area contributed by atoms with Crippen LogP contribution in [0.5, 0.6) is 0 Å². The molecule has 0 saturated heterocycles. The van der Waals surface area contributed by atoms with Crippen molar-refractivity contribution in [3.8, 4) is 11.1 Å². The lowest BCUT2D eigenvalue weighted by Crippen LogP contribution is -2.25. The third-order valence-corrected chi connectivity index (χ3v) is 5.55. The number of carbonyl (C=O) groups excluding carboxylic acids is 1. The van der Waals surface area contributed by atoms with E-state index >= 15 is 0 Å². The Bertz CT molecular complexity index is 727. The summed E-state index contributed by atoms with van der Waals surface area (Å²) in [5, 5.41) is 0. The van der Waals surface area contributed by atoms with Crippen molar-refractivity contribution in [2.45, 2.75) is 51.4 Å². The number of hydrogen-bond donors (Lipinski definition) is 0. The summed E-state index contributed by atoms with van der Waals surface area (Å²) in [6.45, 7) is 4.53. The van der Waals surface area contributed by atoms with Gasteiger partial charge in [-0.2, -0.15) is 0 Å². The minimum Gasteiger partial charge on any atom is -0.303 e. The Kier molecular flexibility index (Phi) is 4.72. The molecule has 23 heavy (non-hydrogen) atoms. The second kappa shape index (κ2) is 6.60. The second-order valence-electron chi connectivity index (χ2n) is 6.52. The van der Waals surface area contributed by atoms with E-state index < -0.39 is 0 Å². The van der Waals surface area contributed by atoms with Gasteiger partial charge in [-0.1, -0.05) is 66.9 Å². The fourth-order valence-corrected chi connectivity index (χ4v) is 4.62. The third-order valence-electron chi connectivity index (χ3n) is 5.06. The fraction of sp³-hybridized carbons (Fsp3) is 0.381. The minimum absolute atomic E-state index is 0.0941. The van der Waals surface area contributed by atoms with Crippen LogP contribution in [0.25, 0.3) is 11.1 Å². The van der Waals surface area contributed by atoms with Crippen molar-refractivity contribution >= 4 is 22.2 Å². The second-order valence-corrected chi connectivity index (χ2v) is 7.44. The number of hydrogen-bond acceptors (Lipinski definition) is 1. The Labute approximate surface area is 147 Å². The van der Waals surface area contributed by atoms with Crippen LogP contribution in [0.2, 0.25) is 0 Å². The van der Waals surface area contributed by atoms with Gasteiger partial charge in [0.1, 0.15) is 6.29 Å². The number of fused-ring (bicyclic) bond motifs is 3. The predicted molar refractivity (Wildman–Crippen MR) is 99.9 cm³/mol. The monoisotopic (exact) mass is 370 g/mol. The highest BCUT2D eigenvalue weighted by Crippen LogP contribution is 2.54. The molecule has 0 fully saturated rings. The molecule has 1 nitrogen and oxygen atoms in total. The molecule has 2 aromatic rings. The minimum atomic E-state index is 0.0941. The van der Waals surface area contributed by atoms with Gasteiger partial charge in [0.2, 0.25) is 0 Å². The lowest BCUT2D eigenvalue weighted by Gasteiger charge is -2.32. The summed E-state index contributed by atoms with van der Waals surface area (Å²) in [6.07, 6.45) is 6.12. The number of aldehydes is 1. The molecule has 0 heterocycles. The van der Waals surface area contributed by atoms with Gasteiger partial charge in [-0.25, -0.2) is 0 Å². The Balaban J connectivity index is 2.27. The zero-order valence-electron chi connectivity index (χ0n) is 13.9. The fourth-order valence-electron chi connectivity index (χ4n) is 4.25. The van der Waals surface area contributed by atoms with E-state index in [9.17, 15) is 4.79 Å². The van der Waals surface area contributed by atoms with E-state index in [2.05, 4.69) is 66.2 Å². The molecular formula is C21H23BrO. The quantitative estimate of drug-likeness (QED) is 0.565. The zero-order chi connectivity index (χ0) is 16.4. The number of benzene rings is 2. The van der Waals surface area contributed by atoms with Crippen molar-refractivity contribution < 1.29 is 4.79 Å². The lowest BCUT2D eigenvalue weighted by atomic mass is 9.71. The van der Waals surface area contributed by atoms with Crippen LogP contribution in [0.15, 0.2) is 40.9 Å². The van der Waals surface area contributed by atoms with Crippen molar-refractivity contribution in [2.24, 2.45) is 0 Å². The standard InChI is InChI=1S/C21H23BrO/c1-3-10-21(11-4-2)19-13-15(9-12-23)5-7-17(19)18-8-6-16(22)14-20(18)21/h5-8,12-14H,3-4,9-11H2,1-2H3. The molecule has 0 N–H and O–H groups in total. The maximum Gasteiger partial charge on any atom is 0.124 e. The Morgan fingerprint density at radius 2 is 1.57 bits per heavy atom. The first-order valence-corrected chi connectivity index (χ1v) is 9.33. The van der Waals surface area contributed by atoms with E-state index in [-0.39, 0.29) is 5.41 Å². The molecular weight excluding hydrogens is 348 g/mol. The predicted octanol–water partition coefficient (Wildman–Crippen LogP) is 6.06. The van der Waals surface area contributed by atoms with Crippen LogP contribution in [0.3, 0.4) is 0 Å². The Hall–Kier alpha value is -1.41. The summed E-state index contributed by atoms with van der Waals surface area (Å²) in [5.74, 6) is 0. The van der Waals surface area contributed by atoms with Crippen LogP contribution in [0, 0.1) is 0 Å². The smallest absolute Gasteiger partial charge is 0.124 e. The zero-order valence-corrected chi connectivity index (χ0v) is 15.4. The molecule has 0 radical (unpaired) electrons. The van der Waals surface area contributed by atoms with E-state index in [4.69, 9.17) is 0 Å². The van der Waals surface area contributed by atoms with E-state index in [0.717, 1.165) is 42.0 Å². The maximum atomic E-state index is 10.9. The van der Waals surface area contributed by atoms with Gasteiger partial charge in [0.25, 0.3) is 0 Å². The highest BCUT2D eigenvalue weighted by molar-refractivity contribution is 9.10. The molecule has 0 atom stereocenters. The molecule has 2 heteroatoms. The summed E-state index contributed by atoms with van der Waals surface area (Å²) in [6, 6.07) is 13.3. The Morgan fingerprint density at radius 1 is 0.957 bits per heavy atom. The van der Waals surface area contributed by atoms with Gasteiger partial charge in [0.15, 0.2) is 0 Å². The van der Waals surface area contributed by atoms with E-state index in [0.29, 0.717) is 6.42 Å². The first kappa shape index (κ1) is 16.4. The van der Waals surface area contributed by atoms with E-state index in [1.54, 1.807) is 0 Å². The van der Waals surface area contributed by atoms with E-state index in [1.807, 2.05) is 0 Å². The normalized spacial score (nSPS) is 14.4. The number of carbonyl (C=O) groups is 1. The largest absolute Gasteiger partial charge is 0.303 e. The average Bonchev–Trinajstić information content (AvgIpc) is 2.79. The van der Waals surface area contributed by atoms with Gasteiger partial charge < -0.3 is 4.79 Å². The van der Waals surface area contributed by atoms with Crippen molar-refractivity contribution in [2.75, 3.05) is 0 Å². The van der Waals surface area contributed by atoms with Crippen LogP contribution >= 0.6 is 15.9 Å². The molecule has 0 unspecified atom stereocenters. The molecule has 0 spiro atoms. The van der Waals surface area contributed by atoms with Crippen LogP contribution in [-0.2, 0) is 16.6 Å². The summed E-state index contributed by atoms with van der Waals surface area (Å²) in [5.41, 5.74) is 6.81. The molecule has 120 valence electrons. The SMILES string of the molecule is CCCC1(CCC)c2cc(Br)ccc2-c2ccc(CC=O)cc21. The summed E-state index contributed by atoms with van der Waals surface area (Å²) >= 11 is 3.66. The summed E-state index contributed by atoms with van der Waals surface area (Å²) in [4.78, 5) is 10.9. The lowest BCUT2D eigenvalue weighted by molar-refractivity contribution is -0.107. The van der Waals surface area contributed by atoms with Crippen molar-refractivity contribution in [1.82, 2.24) is 0 Å². The van der Waals surface area contributed by atoms with Gasteiger partial charge in [-0.3, -0.25) is 0 Å². The van der Waals surface area contributed by atoms with Gasteiger partial charge in [-0.05, 0) is 52.8 Å². The third kappa shape index (κ3) is 2.67. The molecule has 3 rings (SSSR count). The van der Waals surface area contributed by atoms with Crippen LogP contribution < -0.4 is 0 Å². The summed E-state index contributed by atoms with van der Waals surface area (Å²) in [7, 11) is 0. The molecule has 1 aliphatic rings. The Morgan fingerprint density at radius 3 is 2.17 bits per heavy atom. The van der Waals surface area contributed by atoms with Crippen molar-refractivity contribution in [3.05, 3.63) is 57.6 Å². The van der Waals surface area contributed by atoms with Crippen LogP contribution in [-0.4, -0.2) is 6.29 Å². The average molecular weight is 371 g/mol. The molecule has 0 aliphatic heterocycles. The van der Waals surface area contributed by atoms with Gasteiger partial charge in [0, 0.05) is 16.3 Å². The molecule has 0 amide bonds. The van der Waals surface area contributed by atoms with Crippen molar-refractivity contribution in [3.63, 3.8) is 0 Å². The van der Waals surface area contributed by atoms with Crippen LogP contribution in [0.4, 0.5) is 0 Å². The summed E-state index contributed by atoms with van der Waals surface area (Å²) < 4.78 is 1.15. The maximum absolute atomic E-state index is 10.9. The highest BCUT2D eigenvalue weighted by atomic mass is 79.9. The van der Waals surface area contributed by atoms with Gasteiger partial charge >= 0.3 is 0 Å². The first-order valence-electron chi connectivity index (χ1n) is 8.53. The molecule has 2 aromatic carbocycles. The topological polar surface area (TPSA) is 17.1 Å². The highest BCUT2D eigenvalue weighted by Gasteiger charge is 2.41.